The van der Waals surface area contributed by atoms with Crippen molar-refractivity contribution in [3.8, 4) is 0 Å². The molecule has 2 aromatic carbocycles. The van der Waals surface area contributed by atoms with Crippen molar-refractivity contribution in [1.82, 2.24) is 10.3 Å². The summed E-state index contributed by atoms with van der Waals surface area (Å²) in [4.78, 5) is 16.0. The third-order valence-corrected chi connectivity index (χ3v) is 4.01. The Labute approximate surface area is 136 Å². The molecule has 0 bridgehead atoms. The van der Waals surface area contributed by atoms with Crippen molar-refractivity contribution in [2.45, 2.75) is 6.54 Å². The van der Waals surface area contributed by atoms with Gasteiger partial charge in [0.25, 0.3) is 0 Å². The van der Waals surface area contributed by atoms with E-state index in [0.717, 1.165) is 26.5 Å². The van der Waals surface area contributed by atoms with Gasteiger partial charge in [-0.05, 0) is 35.2 Å². The van der Waals surface area contributed by atoms with E-state index in [1.54, 1.807) is 12.4 Å². The fraction of sp³-hybridized carbons (Fsp3) is 0.0588. The largest absolute Gasteiger partial charge is 0.334 e. The summed E-state index contributed by atoms with van der Waals surface area (Å²) < 4.78 is 1.01. The number of urea groups is 1. The van der Waals surface area contributed by atoms with Crippen LogP contribution in [0.15, 0.2) is 65.4 Å². The molecule has 1 aromatic heterocycles. The van der Waals surface area contributed by atoms with Gasteiger partial charge >= 0.3 is 6.03 Å². The molecule has 0 unspecified atom stereocenters. The average molecular weight is 356 g/mol. The summed E-state index contributed by atoms with van der Waals surface area (Å²) in [5.74, 6) is 0. The summed E-state index contributed by atoms with van der Waals surface area (Å²) in [5, 5.41) is 7.79. The highest BCUT2D eigenvalue weighted by atomic mass is 79.9. The van der Waals surface area contributed by atoms with Crippen LogP contribution in [0.5, 0.6) is 0 Å². The molecule has 3 aromatic rings. The van der Waals surface area contributed by atoms with Gasteiger partial charge in [-0.3, -0.25) is 4.98 Å². The average Bonchev–Trinajstić information content (AvgIpc) is 2.57. The van der Waals surface area contributed by atoms with Gasteiger partial charge < -0.3 is 10.6 Å². The third kappa shape index (κ3) is 3.26. The molecule has 3 rings (SSSR count). The Bertz CT molecular complexity index is 805. The molecule has 0 saturated heterocycles. The van der Waals surface area contributed by atoms with E-state index >= 15 is 0 Å². The first-order valence-electron chi connectivity index (χ1n) is 6.85. The zero-order valence-electron chi connectivity index (χ0n) is 11.7. The van der Waals surface area contributed by atoms with Crippen LogP contribution in [-0.2, 0) is 6.54 Å². The van der Waals surface area contributed by atoms with Crippen LogP contribution in [0.25, 0.3) is 10.8 Å². The molecule has 2 N–H and O–H groups in total. The number of aromatic nitrogens is 1. The number of nitrogens with one attached hydrogen (secondary N) is 2. The first-order chi connectivity index (χ1) is 10.7. The predicted molar refractivity (Wildman–Crippen MR) is 91.7 cm³/mol. The molecule has 22 heavy (non-hydrogen) atoms. The van der Waals surface area contributed by atoms with Gasteiger partial charge in [-0.2, -0.15) is 0 Å². The van der Waals surface area contributed by atoms with Gasteiger partial charge in [0, 0.05) is 28.8 Å². The van der Waals surface area contributed by atoms with E-state index in [2.05, 4.69) is 31.5 Å². The monoisotopic (exact) mass is 355 g/mol. The third-order valence-electron chi connectivity index (χ3n) is 3.32. The number of fused-ring (bicyclic) bond motifs is 1. The molecule has 4 nitrogen and oxygen atoms in total. The van der Waals surface area contributed by atoms with Gasteiger partial charge in [0.15, 0.2) is 0 Å². The number of pyridine rings is 1. The minimum Gasteiger partial charge on any atom is -0.334 e. The van der Waals surface area contributed by atoms with Gasteiger partial charge in [-0.1, -0.05) is 40.2 Å². The summed E-state index contributed by atoms with van der Waals surface area (Å²) in [5.41, 5.74) is 1.79. The zero-order chi connectivity index (χ0) is 15.4. The number of carbonyl (C=O) groups is 1. The molecular weight excluding hydrogens is 342 g/mol. The highest BCUT2D eigenvalue weighted by Gasteiger charge is 2.07. The number of rotatable bonds is 3. The molecule has 0 radical (unpaired) electrons. The minimum atomic E-state index is -0.232. The maximum atomic E-state index is 12.1. The number of hydrogen-bond acceptors (Lipinski definition) is 2. The lowest BCUT2D eigenvalue weighted by molar-refractivity contribution is 0.252. The minimum absolute atomic E-state index is 0.232. The Balaban J connectivity index is 1.73. The molecule has 1 heterocycles. The fourth-order valence-corrected chi connectivity index (χ4v) is 2.70. The Kier molecular flexibility index (Phi) is 4.34. The lowest BCUT2D eigenvalue weighted by Gasteiger charge is -2.11. The Morgan fingerprint density at radius 2 is 1.73 bits per heavy atom. The molecule has 0 aliphatic rings. The number of nitrogens with zero attached hydrogens (tertiary/aromatic N) is 1. The standard InChI is InChI=1S/C17H14BrN3O/c18-15-5-6-16(14-4-2-1-3-13(14)15)21-17(22)20-11-12-7-9-19-10-8-12/h1-10H,11H2,(H2,20,21,22). The van der Waals surface area contributed by atoms with E-state index < -0.39 is 0 Å². The van der Waals surface area contributed by atoms with Crippen LogP contribution in [0.1, 0.15) is 5.56 Å². The van der Waals surface area contributed by atoms with Crippen molar-refractivity contribution in [3.63, 3.8) is 0 Å². The Morgan fingerprint density at radius 3 is 2.50 bits per heavy atom. The van der Waals surface area contributed by atoms with E-state index in [0.29, 0.717) is 6.54 Å². The highest BCUT2D eigenvalue weighted by molar-refractivity contribution is 9.10. The van der Waals surface area contributed by atoms with Crippen LogP contribution in [0.4, 0.5) is 10.5 Å². The number of halogens is 1. The van der Waals surface area contributed by atoms with Crippen molar-refractivity contribution < 1.29 is 4.79 Å². The van der Waals surface area contributed by atoms with Crippen LogP contribution in [0.3, 0.4) is 0 Å². The second-order valence-electron chi connectivity index (χ2n) is 4.80. The van der Waals surface area contributed by atoms with E-state index in [1.807, 2.05) is 48.5 Å². The number of benzene rings is 2. The molecular formula is C17H14BrN3O. The van der Waals surface area contributed by atoms with Crippen molar-refractivity contribution in [2.24, 2.45) is 0 Å². The summed E-state index contributed by atoms with van der Waals surface area (Å²) in [7, 11) is 0. The normalized spacial score (nSPS) is 10.4. The molecule has 5 heteroatoms. The number of carbonyl (C=O) groups excluding carboxylic acids is 1. The highest BCUT2D eigenvalue weighted by Crippen LogP contribution is 2.29. The fourth-order valence-electron chi connectivity index (χ4n) is 2.22. The van der Waals surface area contributed by atoms with E-state index in [4.69, 9.17) is 0 Å². The first-order valence-corrected chi connectivity index (χ1v) is 7.64. The van der Waals surface area contributed by atoms with Gasteiger partial charge in [-0.15, -0.1) is 0 Å². The van der Waals surface area contributed by atoms with Crippen LogP contribution in [0, 0.1) is 0 Å². The van der Waals surface area contributed by atoms with E-state index in [1.165, 1.54) is 0 Å². The van der Waals surface area contributed by atoms with Crippen LogP contribution >= 0.6 is 15.9 Å². The molecule has 0 aliphatic heterocycles. The second-order valence-corrected chi connectivity index (χ2v) is 5.66. The lowest BCUT2D eigenvalue weighted by Crippen LogP contribution is -2.28. The molecule has 0 spiro atoms. The molecule has 110 valence electrons. The molecule has 0 fully saturated rings. The SMILES string of the molecule is O=C(NCc1ccncc1)Nc1ccc(Br)c2ccccc12. The van der Waals surface area contributed by atoms with Crippen LogP contribution in [-0.4, -0.2) is 11.0 Å². The molecule has 0 atom stereocenters. The smallest absolute Gasteiger partial charge is 0.319 e. The predicted octanol–water partition coefficient (Wildman–Crippen LogP) is 4.32. The van der Waals surface area contributed by atoms with Gasteiger partial charge in [-0.25, -0.2) is 4.79 Å². The second kappa shape index (κ2) is 6.58. The van der Waals surface area contributed by atoms with Crippen molar-refractivity contribution in [2.75, 3.05) is 5.32 Å². The Morgan fingerprint density at radius 1 is 1.00 bits per heavy atom. The maximum absolute atomic E-state index is 12.1. The summed E-state index contributed by atoms with van der Waals surface area (Å²) in [6.45, 7) is 0.461. The van der Waals surface area contributed by atoms with Crippen molar-refractivity contribution >= 4 is 38.4 Å². The molecule has 0 saturated carbocycles. The maximum Gasteiger partial charge on any atom is 0.319 e. The van der Waals surface area contributed by atoms with Crippen LogP contribution in [0.2, 0.25) is 0 Å². The van der Waals surface area contributed by atoms with Crippen molar-refractivity contribution in [1.29, 1.82) is 0 Å². The zero-order valence-corrected chi connectivity index (χ0v) is 13.3. The summed E-state index contributed by atoms with van der Waals surface area (Å²) in [6.07, 6.45) is 3.41. The number of amides is 2. The summed E-state index contributed by atoms with van der Waals surface area (Å²) in [6, 6.07) is 15.3. The van der Waals surface area contributed by atoms with E-state index in [-0.39, 0.29) is 6.03 Å². The van der Waals surface area contributed by atoms with Gasteiger partial charge in [0.1, 0.15) is 0 Å². The lowest BCUT2D eigenvalue weighted by atomic mass is 10.1. The van der Waals surface area contributed by atoms with Gasteiger partial charge in [0.2, 0.25) is 0 Å². The van der Waals surface area contributed by atoms with Gasteiger partial charge in [0.05, 0.1) is 5.69 Å². The number of anilines is 1. The van der Waals surface area contributed by atoms with Crippen molar-refractivity contribution in [3.05, 3.63) is 71.0 Å². The summed E-state index contributed by atoms with van der Waals surface area (Å²) >= 11 is 3.52. The quantitative estimate of drug-likeness (QED) is 0.734. The first kappa shape index (κ1) is 14.5. The van der Waals surface area contributed by atoms with Crippen LogP contribution < -0.4 is 10.6 Å². The number of hydrogen-bond donors (Lipinski definition) is 2. The molecule has 2 amide bonds. The topological polar surface area (TPSA) is 54.0 Å². The Hall–Kier alpha value is -2.40. The van der Waals surface area contributed by atoms with E-state index in [9.17, 15) is 4.79 Å². The molecule has 0 aliphatic carbocycles.